The molecule has 0 amide bonds. The summed E-state index contributed by atoms with van der Waals surface area (Å²) in [5.41, 5.74) is 0. The summed E-state index contributed by atoms with van der Waals surface area (Å²) < 4.78 is 5.64. The van der Waals surface area contributed by atoms with Gasteiger partial charge in [-0.15, -0.1) is 0 Å². The number of Topliss-reactive ketones (excluding diaryl/α,β-unsaturated/α-hetero) is 1. The molecule has 0 radical (unpaired) electrons. The molecule has 1 aliphatic rings. The zero-order valence-corrected chi connectivity index (χ0v) is 10.6. The lowest BCUT2D eigenvalue weighted by Crippen LogP contribution is -2.38. The maximum Gasteiger partial charge on any atom is 0.161 e. The molecule has 0 bridgehead atoms. The van der Waals surface area contributed by atoms with Crippen LogP contribution in [0.5, 0.6) is 0 Å². The minimum absolute atomic E-state index is 0.0134. The SMILES string of the molecule is CC(C)CO[C@@H]1C(=O)CCC[C@H]1CCC(=O)[O-]. The van der Waals surface area contributed by atoms with Gasteiger partial charge in [-0.2, -0.15) is 0 Å². The first kappa shape index (κ1) is 14.2. The summed E-state index contributed by atoms with van der Waals surface area (Å²) in [4.78, 5) is 22.2. The van der Waals surface area contributed by atoms with E-state index in [0.29, 0.717) is 25.4 Å². The van der Waals surface area contributed by atoms with Crippen LogP contribution in [-0.2, 0) is 14.3 Å². The molecule has 1 aliphatic carbocycles. The summed E-state index contributed by atoms with van der Waals surface area (Å²) in [6, 6.07) is 0. The molecule has 1 fully saturated rings. The summed E-state index contributed by atoms with van der Waals surface area (Å²) in [6.07, 6.45) is 2.38. The van der Waals surface area contributed by atoms with Crippen LogP contribution in [0.15, 0.2) is 0 Å². The van der Waals surface area contributed by atoms with Crippen molar-refractivity contribution < 1.29 is 19.4 Å². The highest BCUT2D eigenvalue weighted by molar-refractivity contribution is 5.84. The Bertz CT molecular complexity index is 273. The number of carboxylic acid groups (broad SMARTS) is 1. The lowest BCUT2D eigenvalue weighted by molar-refractivity contribution is -0.306. The minimum Gasteiger partial charge on any atom is -0.550 e. The maximum absolute atomic E-state index is 11.8. The molecule has 4 nitrogen and oxygen atoms in total. The van der Waals surface area contributed by atoms with Crippen LogP contribution >= 0.6 is 0 Å². The molecule has 0 heterocycles. The van der Waals surface area contributed by atoms with Gasteiger partial charge in [0.2, 0.25) is 0 Å². The highest BCUT2D eigenvalue weighted by atomic mass is 16.5. The van der Waals surface area contributed by atoms with E-state index in [4.69, 9.17) is 4.74 Å². The van der Waals surface area contributed by atoms with Crippen molar-refractivity contribution in [3.63, 3.8) is 0 Å². The predicted molar refractivity (Wildman–Crippen MR) is 61.2 cm³/mol. The summed E-state index contributed by atoms with van der Waals surface area (Å²) in [7, 11) is 0. The number of hydrogen-bond acceptors (Lipinski definition) is 4. The molecule has 0 aromatic rings. The number of rotatable bonds is 6. The first-order valence-electron chi connectivity index (χ1n) is 6.35. The Balaban J connectivity index is 2.50. The molecule has 0 aromatic heterocycles. The molecule has 17 heavy (non-hydrogen) atoms. The normalized spacial score (nSPS) is 25.2. The smallest absolute Gasteiger partial charge is 0.161 e. The van der Waals surface area contributed by atoms with Crippen LogP contribution in [0.3, 0.4) is 0 Å². The first-order valence-corrected chi connectivity index (χ1v) is 6.35. The molecule has 1 rings (SSSR count). The van der Waals surface area contributed by atoms with Gasteiger partial charge in [-0.1, -0.05) is 13.8 Å². The van der Waals surface area contributed by atoms with E-state index in [0.717, 1.165) is 12.8 Å². The average Bonchev–Trinajstić information content (AvgIpc) is 2.24. The molecule has 0 saturated heterocycles. The third-order valence-corrected chi connectivity index (χ3v) is 3.07. The van der Waals surface area contributed by atoms with E-state index in [1.165, 1.54) is 0 Å². The van der Waals surface area contributed by atoms with Crippen LogP contribution in [0.1, 0.15) is 46.0 Å². The van der Waals surface area contributed by atoms with E-state index < -0.39 is 12.1 Å². The average molecular weight is 241 g/mol. The standard InChI is InChI=1S/C13H22O4/c1-9(2)8-17-13-10(6-7-12(15)16)4-3-5-11(13)14/h9-10,13H,3-8H2,1-2H3,(H,15,16)/p-1/t10-,13-/m0/s1. The van der Waals surface area contributed by atoms with Gasteiger partial charge in [-0.05, 0) is 37.5 Å². The summed E-state index contributed by atoms with van der Waals surface area (Å²) in [5, 5.41) is 10.5. The van der Waals surface area contributed by atoms with Crippen LogP contribution in [0.2, 0.25) is 0 Å². The Labute approximate surface area is 102 Å². The number of carbonyl (C=O) groups excluding carboxylic acids is 2. The van der Waals surface area contributed by atoms with Crippen molar-refractivity contribution in [2.24, 2.45) is 11.8 Å². The Morgan fingerprint density at radius 1 is 1.53 bits per heavy atom. The molecule has 0 aromatic carbocycles. The minimum atomic E-state index is -1.05. The largest absolute Gasteiger partial charge is 0.550 e. The lowest BCUT2D eigenvalue weighted by Gasteiger charge is -2.31. The van der Waals surface area contributed by atoms with Crippen molar-refractivity contribution in [1.82, 2.24) is 0 Å². The van der Waals surface area contributed by atoms with Crippen LogP contribution in [0, 0.1) is 11.8 Å². The number of aliphatic carboxylic acids is 1. The Kier molecular flexibility index (Phi) is 5.62. The van der Waals surface area contributed by atoms with Crippen molar-refractivity contribution in [3.8, 4) is 0 Å². The van der Waals surface area contributed by atoms with E-state index in [1.807, 2.05) is 13.8 Å². The quantitative estimate of drug-likeness (QED) is 0.693. The van der Waals surface area contributed by atoms with Crippen molar-refractivity contribution in [1.29, 1.82) is 0 Å². The molecule has 0 unspecified atom stereocenters. The highest BCUT2D eigenvalue weighted by Crippen LogP contribution is 2.28. The monoisotopic (exact) mass is 241 g/mol. The molecule has 98 valence electrons. The van der Waals surface area contributed by atoms with Crippen LogP contribution in [0.25, 0.3) is 0 Å². The number of hydrogen-bond donors (Lipinski definition) is 0. The van der Waals surface area contributed by atoms with Crippen LogP contribution in [-0.4, -0.2) is 24.5 Å². The summed E-state index contributed by atoms with van der Waals surface area (Å²) in [6.45, 7) is 4.62. The van der Waals surface area contributed by atoms with Gasteiger partial charge in [0.05, 0.1) is 0 Å². The molecule has 2 atom stereocenters. The molecule has 4 heteroatoms. The van der Waals surface area contributed by atoms with Crippen molar-refractivity contribution in [2.45, 2.75) is 52.1 Å². The van der Waals surface area contributed by atoms with E-state index in [1.54, 1.807) is 0 Å². The second kappa shape index (κ2) is 6.74. The van der Waals surface area contributed by atoms with Gasteiger partial charge in [0.1, 0.15) is 6.10 Å². The van der Waals surface area contributed by atoms with Gasteiger partial charge in [0.25, 0.3) is 0 Å². The molecule has 1 saturated carbocycles. The molecular formula is C13H21O4-. The Morgan fingerprint density at radius 2 is 2.24 bits per heavy atom. The second-order valence-corrected chi connectivity index (χ2v) is 5.18. The Morgan fingerprint density at radius 3 is 2.82 bits per heavy atom. The topological polar surface area (TPSA) is 66.4 Å². The summed E-state index contributed by atoms with van der Waals surface area (Å²) >= 11 is 0. The van der Waals surface area contributed by atoms with Gasteiger partial charge in [-0.3, -0.25) is 4.79 Å². The van der Waals surface area contributed by atoms with Gasteiger partial charge in [-0.25, -0.2) is 0 Å². The molecular weight excluding hydrogens is 220 g/mol. The maximum atomic E-state index is 11.8. The fourth-order valence-corrected chi connectivity index (χ4v) is 2.22. The summed E-state index contributed by atoms with van der Waals surface area (Å²) in [5.74, 6) is -0.495. The zero-order chi connectivity index (χ0) is 12.8. The molecule has 0 spiro atoms. The van der Waals surface area contributed by atoms with E-state index in [9.17, 15) is 14.7 Å². The van der Waals surface area contributed by atoms with Gasteiger partial charge >= 0.3 is 0 Å². The third kappa shape index (κ3) is 4.86. The first-order chi connectivity index (χ1) is 8.00. The highest BCUT2D eigenvalue weighted by Gasteiger charge is 2.32. The fraction of sp³-hybridized carbons (Fsp3) is 0.846. The molecule has 0 aliphatic heterocycles. The Hall–Kier alpha value is -0.900. The van der Waals surface area contributed by atoms with E-state index in [-0.39, 0.29) is 18.1 Å². The second-order valence-electron chi connectivity index (χ2n) is 5.18. The van der Waals surface area contributed by atoms with Crippen LogP contribution < -0.4 is 5.11 Å². The third-order valence-electron chi connectivity index (χ3n) is 3.07. The van der Waals surface area contributed by atoms with Crippen molar-refractivity contribution in [3.05, 3.63) is 0 Å². The lowest BCUT2D eigenvalue weighted by atomic mass is 9.82. The van der Waals surface area contributed by atoms with Gasteiger partial charge in [0, 0.05) is 19.0 Å². The van der Waals surface area contributed by atoms with E-state index in [2.05, 4.69) is 0 Å². The number of ether oxygens (including phenoxy) is 1. The van der Waals surface area contributed by atoms with E-state index >= 15 is 0 Å². The predicted octanol–water partition coefficient (Wildman–Crippen LogP) is 0.927. The number of ketones is 1. The number of carboxylic acids is 1. The van der Waals surface area contributed by atoms with Crippen LogP contribution in [0.4, 0.5) is 0 Å². The van der Waals surface area contributed by atoms with Crippen molar-refractivity contribution in [2.75, 3.05) is 6.61 Å². The van der Waals surface area contributed by atoms with Gasteiger partial charge < -0.3 is 14.6 Å². The molecule has 0 N–H and O–H groups in total. The van der Waals surface area contributed by atoms with Gasteiger partial charge in [0.15, 0.2) is 5.78 Å². The fourth-order valence-electron chi connectivity index (χ4n) is 2.22. The van der Waals surface area contributed by atoms with Crippen molar-refractivity contribution >= 4 is 11.8 Å². The zero-order valence-electron chi connectivity index (χ0n) is 10.6. The number of carbonyl (C=O) groups is 2.